The highest BCUT2D eigenvalue weighted by Gasteiger charge is 2.08. The molecular formula is C16H14O2. The fourth-order valence-corrected chi connectivity index (χ4v) is 1.76. The van der Waals surface area contributed by atoms with Crippen LogP contribution in [0.1, 0.15) is 21.5 Å². The van der Waals surface area contributed by atoms with E-state index in [1.807, 2.05) is 42.5 Å². The van der Waals surface area contributed by atoms with E-state index in [4.69, 9.17) is 4.74 Å². The molecule has 18 heavy (non-hydrogen) atoms. The largest absolute Gasteiger partial charge is 0.465 e. The third kappa shape index (κ3) is 2.48. The topological polar surface area (TPSA) is 26.3 Å². The summed E-state index contributed by atoms with van der Waals surface area (Å²) < 4.78 is 4.71. The fourth-order valence-electron chi connectivity index (χ4n) is 1.76. The molecule has 0 aliphatic carbocycles. The molecule has 0 spiro atoms. The van der Waals surface area contributed by atoms with E-state index in [0.29, 0.717) is 5.56 Å². The minimum atomic E-state index is -0.335. The quantitative estimate of drug-likeness (QED) is 0.764. The van der Waals surface area contributed by atoms with Crippen molar-refractivity contribution >= 4 is 11.5 Å². The molecule has 2 nitrogen and oxygen atoms in total. The summed E-state index contributed by atoms with van der Waals surface area (Å²) in [7, 11) is 1.38. The van der Waals surface area contributed by atoms with Gasteiger partial charge in [0, 0.05) is 0 Å². The van der Waals surface area contributed by atoms with Gasteiger partial charge in [-0.25, -0.2) is 4.79 Å². The molecule has 2 aromatic rings. The Morgan fingerprint density at radius 2 is 1.56 bits per heavy atom. The molecule has 2 rings (SSSR count). The molecule has 0 fully saturated rings. The van der Waals surface area contributed by atoms with Gasteiger partial charge in [0.2, 0.25) is 0 Å². The maximum absolute atomic E-state index is 11.5. The van der Waals surface area contributed by atoms with Crippen LogP contribution in [0, 0.1) is 0 Å². The maximum Gasteiger partial charge on any atom is 0.337 e. The molecule has 2 aromatic carbocycles. The SMILES string of the molecule is C=C(c1ccccc1)c1cccc(C(=O)OC)c1. The van der Waals surface area contributed by atoms with Crippen LogP contribution in [0.2, 0.25) is 0 Å². The van der Waals surface area contributed by atoms with E-state index in [0.717, 1.165) is 16.7 Å². The number of benzene rings is 2. The van der Waals surface area contributed by atoms with Gasteiger partial charge in [-0.2, -0.15) is 0 Å². The molecule has 0 radical (unpaired) electrons. The molecule has 0 amide bonds. The molecule has 0 aliphatic heterocycles. The molecule has 0 unspecified atom stereocenters. The summed E-state index contributed by atoms with van der Waals surface area (Å²) in [6.45, 7) is 4.07. The summed E-state index contributed by atoms with van der Waals surface area (Å²) in [6.07, 6.45) is 0. The average Bonchev–Trinajstić information content (AvgIpc) is 2.46. The van der Waals surface area contributed by atoms with Crippen molar-refractivity contribution in [2.45, 2.75) is 0 Å². The summed E-state index contributed by atoms with van der Waals surface area (Å²) >= 11 is 0. The van der Waals surface area contributed by atoms with Crippen LogP contribution in [0.3, 0.4) is 0 Å². The number of hydrogen-bond acceptors (Lipinski definition) is 2. The molecule has 0 saturated heterocycles. The average molecular weight is 238 g/mol. The van der Waals surface area contributed by atoms with Gasteiger partial charge in [-0.05, 0) is 28.8 Å². The number of ether oxygens (including phenoxy) is 1. The third-order valence-electron chi connectivity index (χ3n) is 2.75. The lowest BCUT2D eigenvalue weighted by Crippen LogP contribution is -2.01. The Hall–Kier alpha value is -2.35. The van der Waals surface area contributed by atoms with E-state index >= 15 is 0 Å². The molecule has 0 aliphatic rings. The highest BCUT2D eigenvalue weighted by Crippen LogP contribution is 2.22. The predicted molar refractivity (Wildman–Crippen MR) is 72.4 cm³/mol. The summed E-state index contributed by atoms with van der Waals surface area (Å²) in [5.74, 6) is -0.335. The van der Waals surface area contributed by atoms with Crippen LogP contribution in [0.5, 0.6) is 0 Å². The van der Waals surface area contributed by atoms with Crippen LogP contribution < -0.4 is 0 Å². The van der Waals surface area contributed by atoms with Gasteiger partial charge in [-0.3, -0.25) is 0 Å². The second-order valence-corrected chi connectivity index (χ2v) is 3.92. The molecule has 2 heteroatoms. The van der Waals surface area contributed by atoms with E-state index < -0.39 is 0 Å². The highest BCUT2D eigenvalue weighted by atomic mass is 16.5. The Labute approximate surface area is 107 Å². The minimum absolute atomic E-state index is 0.335. The van der Waals surface area contributed by atoms with Crippen molar-refractivity contribution < 1.29 is 9.53 Å². The van der Waals surface area contributed by atoms with E-state index in [9.17, 15) is 4.79 Å². The second kappa shape index (κ2) is 5.32. The number of methoxy groups -OCH3 is 1. The Kier molecular flexibility index (Phi) is 3.58. The highest BCUT2D eigenvalue weighted by molar-refractivity contribution is 5.91. The first-order valence-electron chi connectivity index (χ1n) is 5.65. The number of esters is 1. The number of carbonyl (C=O) groups is 1. The lowest BCUT2D eigenvalue weighted by Gasteiger charge is -2.07. The van der Waals surface area contributed by atoms with Gasteiger partial charge in [0.25, 0.3) is 0 Å². The second-order valence-electron chi connectivity index (χ2n) is 3.92. The molecular weight excluding hydrogens is 224 g/mol. The maximum atomic E-state index is 11.5. The zero-order chi connectivity index (χ0) is 13.0. The smallest absolute Gasteiger partial charge is 0.337 e. The number of hydrogen-bond donors (Lipinski definition) is 0. The van der Waals surface area contributed by atoms with Gasteiger partial charge in [0.1, 0.15) is 0 Å². The van der Waals surface area contributed by atoms with Gasteiger partial charge in [0.15, 0.2) is 0 Å². The van der Waals surface area contributed by atoms with Crippen molar-refractivity contribution in [2.75, 3.05) is 7.11 Å². The van der Waals surface area contributed by atoms with E-state index in [2.05, 4.69) is 6.58 Å². The molecule has 0 bridgehead atoms. The van der Waals surface area contributed by atoms with Crippen molar-refractivity contribution in [3.63, 3.8) is 0 Å². The zero-order valence-corrected chi connectivity index (χ0v) is 10.2. The molecule has 0 atom stereocenters. The Balaban J connectivity index is 2.35. The van der Waals surface area contributed by atoms with Crippen molar-refractivity contribution in [3.8, 4) is 0 Å². The van der Waals surface area contributed by atoms with Crippen LogP contribution >= 0.6 is 0 Å². The summed E-state index contributed by atoms with van der Waals surface area (Å²) in [4.78, 5) is 11.5. The zero-order valence-electron chi connectivity index (χ0n) is 10.2. The predicted octanol–water partition coefficient (Wildman–Crippen LogP) is 3.53. The Morgan fingerprint density at radius 1 is 0.944 bits per heavy atom. The molecule has 0 heterocycles. The number of rotatable bonds is 3. The summed E-state index contributed by atoms with van der Waals surface area (Å²) in [5.41, 5.74) is 3.39. The molecule has 0 N–H and O–H groups in total. The van der Waals surface area contributed by atoms with Gasteiger partial charge >= 0.3 is 5.97 Å². The van der Waals surface area contributed by atoms with Crippen LogP contribution in [0.25, 0.3) is 5.57 Å². The minimum Gasteiger partial charge on any atom is -0.465 e. The van der Waals surface area contributed by atoms with Crippen LogP contribution in [0.4, 0.5) is 0 Å². The van der Waals surface area contributed by atoms with Gasteiger partial charge in [0.05, 0.1) is 12.7 Å². The van der Waals surface area contributed by atoms with Crippen LogP contribution in [0.15, 0.2) is 61.2 Å². The van der Waals surface area contributed by atoms with Gasteiger partial charge in [-0.1, -0.05) is 49.0 Å². The van der Waals surface area contributed by atoms with Crippen LogP contribution in [-0.4, -0.2) is 13.1 Å². The summed E-state index contributed by atoms with van der Waals surface area (Å²) in [5, 5.41) is 0. The van der Waals surface area contributed by atoms with Crippen molar-refractivity contribution in [1.29, 1.82) is 0 Å². The molecule has 90 valence electrons. The first kappa shape index (κ1) is 12.1. The van der Waals surface area contributed by atoms with Crippen LogP contribution in [-0.2, 0) is 4.74 Å². The molecule has 0 aromatic heterocycles. The first-order chi connectivity index (χ1) is 8.72. The van der Waals surface area contributed by atoms with E-state index in [1.54, 1.807) is 12.1 Å². The van der Waals surface area contributed by atoms with Gasteiger partial charge < -0.3 is 4.74 Å². The summed E-state index contributed by atoms with van der Waals surface area (Å²) in [6, 6.07) is 17.2. The molecule has 0 saturated carbocycles. The van der Waals surface area contributed by atoms with E-state index in [-0.39, 0.29) is 5.97 Å². The van der Waals surface area contributed by atoms with E-state index in [1.165, 1.54) is 7.11 Å². The number of carbonyl (C=O) groups excluding carboxylic acids is 1. The normalized spacial score (nSPS) is 9.83. The van der Waals surface area contributed by atoms with Gasteiger partial charge in [-0.15, -0.1) is 0 Å². The third-order valence-corrected chi connectivity index (χ3v) is 2.75. The van der Waals surface area contributed by atoms with Crippen molar-refractivity contribution in [3.05, 3.63) is 77.9 Å². The Morgan fingerprint density at radius 3 is 2.22 bits per heavy atom. The fraction of sp³-hybridized carbons (Fsp3) is 0.0625. The lowest BCUT2D eigenvalue weighted by atomic mass is 9.98. The standard InChI is InChI=1S/C16H14O2/c1-12(13-7-4-3-5-8-13)14-9-6-10-15(11-14)16(17)18-2/h3-11H,1H2,2H3. The lowest BCUT2D eigenvalue weighted by molar-refractivity contribution is 0.0600. The monoisotopic (exact) mass is 238 g/mol. The first-order valence-corrected chi connectivity index (χ1v) is 5.65. The van der Waals surface area contributed by atoms with Crippen molar-refractivity contribution in [2.24, 2.45) is 0 Å². The van der Waals surface area contributed by atoms with Crippen molar-refractivity contribution in [1.82, 2.24) is 0 Å². The Bertz CT molecular complexity index is 571.